The molecular weight excluding hydrogens is 319 g/mol. The summed E-state index contributed by atoms with van der Waals surface area (Å²) < 4.78 is 44.5. The molecule has 2 rings (SSSR count). The number of fused-ring (bicyclic) bond motifs is 1. The van der Waals surface area contributed by atoms with Crippen LogP contribution in [0.1, 0.15) is 30.8 Å². The van der Waals surface area contributed by atoms with Gasteiger partial charge in [0.15, 0.2) is 5.69 Å². The summed E-state index contributed by atoms with van der Waals surface area (Å²) in [6.45, 7) is 1.90. The molecule has 1 atom stereocenters. The van der Waals surface area contributed by atoms with E-state index in [2.05, 4.69) is 5.43 Å². The molecular formula is C13H14F3N3O4. The first kappa shape index (κ1) is 16.8. The standard InChI is InChI=1S/C13H14F3N3O4/c1-3-9(21)23-11-8(20)4-5-19-10(11)12(22)18(6-17-19)7(2)13(14,15)16/h4-5,7,17H,3,6H2,1-2H3. The third kappa shape index (κ3) is 3.15. The van der Waals surface area contributed by atoms with Crippen molar-refractivity contribution in [2.24, 2.45) is 0 Å². The molecule has 10 heteroatoms. The second kappa shape index (κ2) is 5.94. The van der Waals surface area contributed by atoms with Crippen LogP contribution in [0.3, 0.4) is 0 Å². The number of ether oxygens (including phenoxy) is 1. The number of aromatic nitrogens is 1. The van der Waals surface area contributed by atoms with Gasteiger partial charge < -0.3 is 15.1 Å². The Morgan fingerprint density at radius 3 is 2.65 bits per heavy atom. The van der Waals surface area contributed by atoms with E-state index in [9.17, 15) is 27.6 Å². The van der Waals surface area contributed by atoms with E-state index in [1.165, 1.54) is 13.1 Å². The molecule has 1 N–H and O–H groups in total. The number of pyridine rings is 1. The quantitative estimate of drug-likeness (QED) is 0.837. The van der Waals surface area contributed by atoms with Crippen LogP contribution in [0.2, 0.25) is 0 Å². The highest BCUT2D eigenvalue weighted by Crippen LogP contribution is 2.28. The molecule has 1 aliphatic rings. The van der Waals surface area contributed by atoms with Crippen LogP contribution in [0, 0.1) is 0 Å². The van der Waals surface area contributed by atoms with Gasteiger partial charge in [-0.05, 0) is 6.92 Å². The van der Waals surface area contributed by atoms with E-state index in [0.29, 0.717) is 4.90 Å². The van der Waals surface area contributed by atoms with Crippen molar-refractivity contribution in [2.75, 3.05) is 12.1 Å². The van der Waals surface area contributed by atoms with Crippen molar-refractivity contribution in [1.29, 1.82) is 0 Å². The van der Waals surface area contributed by atoms with Gasteiger partial charge >= 0.3 is 12.1 Å². The van der Waals surface area contributed by atoms with E-state index in [1.54, 1.807) is 0 Å². The number of hydrogen-bond donors (Lipinski definition) is 1. The lowest BCUT2D eigenvalue weighted by Gasteiger charge is -2.36. The van der Waals surface area contributed by atoms with Gasteiger partial charge in [-0.2, -0.15) is 13.2 Å². The first-order valence-electron chi connectivity index (χ1n) is 6.74. The minimum absolute atomic E-state index is 0.0575. The van der Waals surface area contributed by atoms with E-state index in [4.69, 9.17) is 4.74 Å². The van der Waals surface area contributed by atoms with Gasteiger partial charge in [0.2, 0.25) is 11.2 Å². The maximum Gasteiger partial charge on any atom is 0.408 e. The van der Waals surface area contributed by atoms with E-state index < -0.39 is 47.6 Å². The fraction of sp³-hybridized carbons (Fsp3) is 0.462. The monoisotopic (exact) mass is 333 g/mol. The molecule has 1 aromatic heterocycles. The third-order valence-corrected chi connectivity index (χ3v) is 3.38. The molecule has 1 unspecified atom stereocenters. The minimum Gasteiger partial charge on any atom is -0.420 e. The molecule has 23 heavy (non-hydrogen) atoms. The van der Waals surface area contributed by atoms with E-state index >= 15 is 0 Å². The summed E-state index contributed by atoms with van der Waals surface area (Å²) in [5.74, 6) is -2.41. The molecule has 0 spiro atoms. The van der Waals surface area contributed by atoms with Crippen LogP contribution in [-0.2, 0) is 4.79 Å². The lowest BCUT2D eigenvalue weighted by molar-refractivity contribution is -0.172. The van der Waals surface area contributed by atoms with E-state index in [1.807, 2.05) is 0 Å². The summed E-state index contributed by atoms with van der Waals surface area (Å²) in [6.07, 6.45) is -3.50. The molecule has 7 nitrogen and oxygen atoms in total. The van der Waals surface area contributed by atoms with Gasteiger partial charge in [0.05, 0.1) is 0 Å². The van der Waals surface area contributed by atoms with Crippen LogP contribution in [0.15, 0.2) is 17.1 Å². The summed E-state index contributed by atoms with van der Waals surface area (Å²) in [6, 6.07) is -1.02. The average molecular weight is 333 g/mol. The molecule has 1 aliphatic heterocycles. The number of carbonyl (C=O) groups is 2. The first-order valence-corrected chi connectivity index (χ1v) is 6.74. The number of halogens is 3. The first-order chi connectivity index (χ1) is 10.7. The number of carbonyl (C=O) groups excluding carboxylic acids is 2. The molecule has 2 heterocycles. The summed E-state index contributed by atoms with van der Waals surface area (Å²) >= 11 is 0. The molecule has 0 bridgehead atoms. The third-order valence-electron chi connectivity index (χ3n) is 3.38. The number of nitrogens with zero attached hydrogens (tertiary/aromatic N) is 2. The van der Waals surface area contributed by atoms with Gasteiger partial charge in [-0.15, -0.1) is 0 Å². The SMILES string of the molecule is CCC(=O)Oc1c2n(ccc1=O)NCN(C(C)C(F)(F)F)C2=O. The van der Waals surface area contributed by atoms with Crippen molar-refractivity contribution in [3.63, 3.8) is 0 Å². The summed E-state index contributed by atoms with van der Waals surface area (Å²) in [7, 11) is 0. The second-order valence-electron chi connectivity index (χ2n) is 4.86. The van der Waals surface area contributed by atoms with Gasteiger partial charge in [0, 0.05) is 18.7 Å². The second-order valence-corrected chi connectivity index (χ2v) is 4.86. The lowest BCUT2D eigenvalue weighted by atomic mass is 10.2. The predicted octanol–water partition coefficient (Wildman–Crippen LogP) is 1.07. The zero-order valence-corrected chi connectivity index (χ0v) is 12.3. The molecule has 1 aromatic rings. The predicted molar refractivity (Wildman–Crippen MR) is 72.5 cm³/mol. The van der Waals surface area contributed by atoms with Gasteiger partial charge in [-0.3, -0.25) is 19.1 Å². The molecule has 0 aliphatic carbocycles. The van der Waals surface area contributed by atoms with Crippen molar-refractivity contribution in [3.05, 3.63) is 28.2 Å². The highest BCUT2D eigenvalue weighted by Gasteiger charge is 2.44. The molecule has 126 valence electrons. The van der Waals surface area contributed by atoms with Gasteiger partial charge in [-0.25, -0.2) is 0 Å². The Bertz CT molecular complexity index is 699. The number of hydrogen-bond acceptors (Lipinski definition) is 5. The molecule has 0 radical (unpaired) electrons. The topological polar surface area (TPSA) is 80.6 Å². The van der Waals surface area contributed by atoms with Crippen molar-refractivity contribution < 1.29 is 27.5 Å². The molecule has 1 amide bonds. The van der Waals surface area contributed by atoms with Gasteiger partial charge in [0.25, 0.3) is 5.91 Å². The van der Waals surface area contributed by atoms with Crippen LogP contribution >= 0.6 is 0 Å². The average Bonchev–Trinajstić information content (AvgIpc) is 2.48. The largest absolute Gasteiger partial charge is 0.420 e. The van der Waals surface area contributed by atoms with E-state index in [-0.39, 0.29) is 6.42 Å². The Morgan fingerprint density at radius 1 is 1.43 bits per heavy atom. The minimum atomic E-state index is -4.63. The van der Waals surface area contributed by atoms with Crippen LogP contribution < -0.4 is 15.6 Å². The lowest BCUT2D eigenvalue weighted by Crippen LogP contribution is -2.54. The number of esters is 1. The van der Waals surface area contributed by atoms with E-state index in [0.717, 1.165) is 17.7 Å². The Kier molecular flexibility index (Phi) is 4.35. The zero-order chi connectivity index (χ0) is 17.4. The number of nitrogens with one attached hydrogen (secondary N) is 1. The van der Waals surface area contributed by atoms with Gasteiger partial charge in [-0.1, -0.05) is 6.92 Å². The Balaban J connectivity index is 2.48. The van der Waals surface area contributed by atoms with Crippen molar-refractivity contribution >= 4 is 11.9 Å². The van der Waals surface area contributed by atoms with Crippen LogP contribution in [0.5, 0.6) is 5.75 Å². The fourth-order valence-corrected chi connectivity index (χ4v) is 1.98. The van der Waals surface area contributed by atoms with Crippen LogP contribution in [0.4, 0.5) is 13.2 Å². The normalized spacial score (nSPS) is 15.7. The Hall–Kier alpha value is -2.52. The molecule has 0 fully saturated rings. The van der Waals surface area contributed by atoms with Crippen molar-refractivity contribution in [2.45, 2.75) is 32.5 Å². The maximum absolute atomic E-state index is 12.9. The number of amides is 1. The molecule has 0 aromatic carbocycles. The van der Waals surface area contributed by atoms with Crippen LogP contribution in [-0.4, -0.2) is 40.3 Å². The number of rotatable bonds is 3. The molecule has 0 saturated carbocycles. The Labute approximate surface area is 128 Å². The summed E-state index contributed by atoms with van der Waals surface area (Å²) in [5, 5.41) is 0. The van der Waals surface area contributed by atoms with Crippen molar-refractivity contribution in [3.8, 4) is 5.75 Å². The smallest absolute Gasteiger partial charge is 0.408 e. The highest BCUT2D eigenvalue weighted by molar-refractivity contribution is 5.97. The van der Waals surface area contributed by atoms with Crippen LogP contribution in [0.25, 0.3) is 0 Å². The Morgan fingerprint density at radius 2 is 2.09 bits per heavy atom. The molecule has 0 saturated heterocycles. The number of alkyl halides is 3. The van der Waals surface area contributed by atoms with Crippen molar-refractivity contribution in [1.82, 2.24) is 9.58 Å². The maximum atomic E-state index is 12.9. The summed E-state index contributed by atoms with van der Waals surface area (Å²) in [4.78, 5) is 36.1. The highest BCUT2D eigenvalue weighted by atomic mass is 19.4. The fourth-order valence-electron chi connectivity index (χ4n) is 1.98. The van der Waals surface area contributed by atoms with Gasteiger partial charge in [0.1, 0.15) is 12.7 Å². The zero-order valence-electron chi connectivity index (χ0n) is 12.3. The summed E-state index contributed by atoms with van der Waals surface area (Å²) in [5.41, 5.74) is 1.33.